The van der Waals surface area contributed by atoms with E-state index in [-0.39, 0.29) is 0 Å². The SMILES string of the molecule is CCN(C1CCC(C(C)C)CC1)C1CCCNC1. The van der Waals surface area contributed by atoms with Gasteiger partial charge < -0.3 is 5.32 Å². The summed E-state index contributed by atoms with van der Waals surface area (Å²) in [4.78, 5) is 2.81. The highest BCUT2D eigenvalue weighted by molar-refractivity contribution is 4.86. The maximum absolute atomic E-state index is 3.57. The van der Waals surface area contributed by atoms with Gasteiger partial charge in [0.1, 0.15) is 0 Å². The maximum Gasteiger partial charge on any atom is 0.0223 e. The first-order chi connectivity index (χ1) is 8.72. The summed E-state index contributed by atoms with van der Waals surface area (Å²) < 4.78 is 0. The molecule has 0 radical (unpaired) electrons. The number of rotatable bonds is 4. The molecule has 0 aromatic rings. The van der Waals surface area contributed by atoms with Crippen LogP contribution in [-0.4, -0.2) is 36.6 Å². The molecular weight excluding hydrogens is 220 g/mol. The van der Waals surface area contributed by atoms with Crippen molar-refractivity contribution in [1.29, 1.82) is 0 Å². The Bertz CT molecular complexity index is 225. The van der Waals surface area contributed by atoms with E-state index >= 15 is 0 Å². The molecule has 2 aliphatic rings. The zero-order chi connectivity index (χ0) is 13.0. The Morgan fingerprint density at radius 1 is 1.06 bits per heavy atom. The highest BCUT2D eigenvalue weighted by atomic mass is 15.2. The number of hydrogen-bond donors (Lipinski definition) is 1. The van der Waals surface area contributed by atoms with E-state index in [1.807, 2.05) is 0 Å². The zero-order valence-electron chi connectivity index (χ0n) is 12.6. The molecule has 18 heavy (non-hydrogen) atoms. The lowest BCUT2D eigenvalue weighted by Crippen LogP contribution is -2.51. The minimum Gasteiger partial charge on any atom is -0.315 e. The molecule has 0 aromatic carbocycles. The van der Waals surface area contributed by atoms with Crippen LogP contribution in [0.1, 0.15) is 59.3 Å². The van der Waals surface area contributed by atoms with Gasteiger partial charge in [0.25, 0.3) is 0 Å². The lowest BCUT2D eigenvalue weighted by atomic mass is 9.79. The van der Waals surface area contributed by atoms with Crippen LogP contribution in [0.5, 0.6) is 0 Å². The lowest BCUT2D eigenvalue weighted by Gasteiger charge is -2.43. The lowest BCUT2D eigenvalue weighted by molar-refractivity contribution is 0.0753. The van der Waals surface area contributed by atoms with Crippen LogP contribution < -0.4 is 5.32 Å². The van der Waals surface area contributed by atoms with Crippen molar-refractivity contribution in [1.82, 2.24) is 10.2 Å². The summed E-state index contributed by atoms with van der Waals surface area (Å²) in [5.74, 6) is 1.88. The molecule has 2 heteroatoms. The number of nitrogens with zero attached hydrogens (tertiary/aromatic N) is 1. The summed E-state index contributed by atoms with van der Waals surface area (Å²) in [6, 6.07) is 1.68. The number of piperidine rings is 1. The van der Waals surface area contributed by atoms with Crippen molar-refractivity contribution in [2.24, 2.45) is 11.8 Å². The molecule has 1 unspecified atom stereocenters. The maximum atomic E-state index is 3.57. The predicted octanol–water partition coefficient (Wildman–Crippen LogP) is 3.28. The molecule has 1 aliphatic heterocycles. The normalized spacial score (nSPS) is 34.2. The molecule has 1 saturated carbocycles. The van der Waals surface area contributed by atoms with E-state index in [1.165, 1.54) is 58.2 Å². The van der Waals surface area contributed by atoms with Crippen molar-refractivity contribution >= 4 is 0 Å². The highest BCUT2D eigenvalue weighted by Crippen LogP contribution is 2.33. The van der Waals surface area contributed by atoms with Crippen LogP contribution in [0.2, 0.25) is 0 Å². The molecule has 1 heterocycles. The minimum atomic E-state index is 0.810. The van der Waals surface area contributed by atoms with Gasteiger partial charge in [-0.25, -0.2) is 0 Å². The molecule has 1 aliphatic carbocycles. The van der Waals surface area contributed by atoms with Crippen LogP contribution in [0.3, 0.4) is 0 Å². The molecule has 0 aromatic heterocycles. The van der Waals surface area contributed by atoms with Gasteiger partial charge in [-0.3, -0.25) is 4.90 Å². The largest absolute Gasteiger partial charge is 0.315 e. The monoisotopic (exact) mass is 252 g/mol. The summed E-state index contributed by atoms with van der Waals surface area (Å²) in [6.07, 6.45) is 8.56. The zero-order valence-corrected chi connectivity index (χ0v) is 12.6. The summed E-state index contributed by atoms with van der Waals surface area (Å²) in [5.41, 5.74) is 0. The van der Waals surface area contributed by atoms with Crippen molar-refractivity contribution in [2.75, 3.05) is 19.6 Å². The van der Waals surface area contributed by atoms with E-state index in [4.69, 9.17) is 0 Å². The number of hydrogen-bond acceptors (Lipinski definition) is 2. The van der Waals surface area contributed by atoms with Crippen LogP contribution in [0.4, 0.5) is 0 Å². The van der Waals surface area contributed by atoms with E-state index in [1.54, 1.807) is 0 Å². The van der Waals surface area contributed by atoms with Crippen molar-refractivity contribution in [2.45, 2.75) is 71.4 Å². The molecule has 1 atom stereocenters. The van der Waals surface area contributed by atoms with Crippen molar-refractivity contribution in [3.8, 4) is 0 Å². The van der Waals surface area contributed by atoms with E-state index in [9.17, 15) is 0 Å². The highest BCUT2D eigenvalue weighted by Gasteiger charge is 2.30. The molecule has 2 rings (SSSR count). The fourth-order valence-corrected chi connectivity index (χ4v) is 4.03. The number of likely N-dealkylation sites (N-methyl/N-ethyl adjacent to an activating group) is 1. The smallest absolute Gasteiger partial charge is 0.0223 e. The minimum absolute atomic E-state index is 0.810. The Balaban J connectivity index is 1.85. The van der Waals surface area contributed by atoms with Crippen LogP contribution in [-0.2, 0) is 0 Å². The summed E-state index contributed by atoms with van der Waals surface area (Å²) in [5, 5.41) is 3.57. The molecule has 0 amide bonds. The third-order valence-electron chi connectivity index (χ3n) is 5.26. The first-order valence-corrected chi connectivity index (χ1v) is 8.18. The summed E-state index contributed by atoms with van der Waals surface area (Å²) >= 11 is 0. The van der Waals surface area contributed by atoms with Gasteiger partial charge in [-0.15, -0.1) is 0 Å². The fraction of sp³-hybridized carbons (Fsp3) is 1.00. The third-order valence-corrected chi connectivity index (χ3v) is 5.26. The molecule has 0 spiro atoms. The molecule has 2 nitrogen and oxygen atoms in total. The van der Waals surface area contributed by atoms with Crippen molar-refractivity contribution < 1.29 is 0 Å². The molecule has 0 bridgehead atoms. The van der Waals surface area contributed by atoms with Gasteiger partial charge in [0.2, 0.25) is 0 Å². The Kier molecular flexibility index (Phi) is 5.50. The topological polar surface area (TPSA) is 15.3 Å². The Labute approximate surface area is 114 Å². The van der Waals surface area contributed by atoms with Gasteiger partial charge in [0, 0.05) is 18.6 Å². The Morgan fingerprint density at radius 3 is 2.28 bits per heavy atom. The van der Waals surface area contributed by atoms with Gasteiger partial charge in [-0.2, -0.15) is 0 Å². The third kappa shape index (κ3) is 3.48. The van der Waals surface area contributed by atoms with Crippen LogP contribution in [0, 0.1) is 11.8 Å². The van der Waals surface area contributed by atoms with E-state index < -0.39 is 0 Å². The quantitative estimate of drug-likeness (QED) is 0.826. The van der Waals surface area contributed by atoms with Crippen LogP contribution in [0.25, 0.3) is 0 Å². The molecule has 1 saturated heterocycles. The Morgan fingerprint density at radius 2 is 1.78 bits per heavy atom. The predicted molar refractivity (Wildman–Crippen MR) is 78.9 cm³/mol. The molecule has 1 N–H and O–H groups in total. The van der Waals surface area contributed by atoms with E-state index in [0.717, 1.165) is 23.9 Å². The molecule has 106 valence electrons. The Hall–Kier alpha value is -0.0800. The first kappa shape index (κ1) is 14.3. The second-order valence-electron chi connectivity index (χ2n) is 6.64. The number of nitrogens with one attached hydrogen (secondary N) is 1. The van der Waals surface area contributed by atoms with Gasteiger partial charge in [-0.05, 0) is 63.5 Å². The standard InChI is InChI=1S/C16H32N2/c1-4-18(16-6-5-11-17-12-16)15-9-7-14(8-10-15)13(2)3/h13-17H,4-12H2,1-3H3. The second-order valence-corrected chi connectivity index (χ2v) is 6.64. The van der Waals surface area contributed by atoms with Crippen molar-refractivity contribution in [3.63, 3.8) is 0 Å². The van der Waals surface area contributed by atoms with Gasteiger partial charge >= 0.3 is 0 Å². The van der Waals surface area contributed by atoms with Crippen LogP contribution >= 0.6 is 0 Å². The van der Waals surface area contributed by atoms with Crippen LogP contribution in [0.15, 0.2) is 0 Å². The van der Waals surface area contributed by atoms with Gasteiger partial charge in [0.05, 0.1) is 0 Å². The molecular formula is C16H32N2. The van der Waals surface area contributed by atoms with E-state index in [2.05, 4.69) is 31.0 Å². The fourth-order valence-electron chi connectivity index (χ4n) is 4.03. The summed E-state index contributed by atoms with van der Waals surface area (Å²) in [7, 11) is 0. The first-order valence-electron chi connectivity index (χ1n) is 8.18. The van der Waals surface area contributed by atoms with E-state index in [0.29, 0.717) is 0 Å². The average molecular weight is 252 g/mol. The molecule has 2 fully saturated rings. The second kappa shape index (κ2) is 6.91. The van der Waals surface area contributed by atoms with Gasteiger partial charge in [0.15, 0.2) is 0 Å². The van der Waals surface area contributed by atoms with Gasteiger partial charge in [-0.1, -0.05) is 20.8 Å². The van der Waals surface area contributed by atoms with Crippen molar-refractivity contribution in [3.05, 3.63) is 0 Å². The summed E-state index contributed by atoms with van der Waals surface area (Å²) in [6.45, 7) is 10.8. The average Bonchev–Trinajstić information content (AvgIpc) is 2.41.